The van der Waals surface area contributed by atoms with E-state index in [1.54, 1.807) is 0 Å². The van der Waals surface area contributed by atoms with Gasteiger partial charge >= 0.3 is 0 Å². The highest BCUT2D eigenvalue weighted by Gasteiger charge is 2.66. The first-order valence-corrected chi connectivity index (χ1v) is 18.2. The molecule has 4 aliphatic carbocycles. The zero-order valence-electron chi connectivity index (χ0n) is 28.9. The Labute approximate surface area is 276 Å². The molecule has 11 atom stereocenters. The molecule has 4 rings (SSSR count). The van der Waals surface area contributed by atoms with Gasteiger partial charge in [-0.1, -0.05) is 62.3 Å². The third kappa shape index (κ3) is 8.26. The van der Waals surface area contributed by atoms with Crippen molar-refractivity contribution < 1.29 is 14.2 Å². The number of fused-ring (bicyclic) bond motifs is 5. The van der Waals surface area contributed by atoms with E-state index in [1.807, 2.05) is 0 Å². The van der Waals surface area contributed by atoms with Crippen LogP contribution in [0.25, 0.3) is 31.3 Å². The molecular weight excluding hydrogens is 582 g/mol. The molecular formula is C34H59N9O3. The summed E-state index contributed by atoms with van der Waals surface area (Å²) in [6.45, 7) is 13.2. The molecule has 0 radical (unpaired) electrons. The zero-order valence-corrected chi connectivity index (χ0v) is 28.9. The minimum absolute atomic E-state index is 0.0783. The van der Waals surface area contributed by atoms with E-state index in [0.29, 0.717) is 75.0 Å². The molecule has 0 saturated heterocycles. The fraction of sp³-hybridized carbons (Fsp3) is 1.00. The molecule has 0 unspecified atom stereocenters. The first-order chi connectivity index (χ1) is 22.3. The summed E-state index contributed by atoms with van der Waals surface area (Å²) in [5.74, 6) is 3.31. The van der Waals surface area contributed by atoms with Gasteiger partial charge in [-0.2, -0.15) is 0 Å². The number of rotatable bonds is 19. The lowest BCUT2D eigenvalue weighted by molar-refractivity contribution is -0.227. The first kappa shape index (κ1) is 36.6. The van der Waals surface area contributed by atoms with Gasteiger partial charge in [0.05, 0.1) is 18.3 Å². The monoisotopic (exact) mass is 641 g/mol. The molecule has 46 heavy (non-hydrogen) atoms. The Balaban J connectivity index is 1.61. The highest BCUT2D eigenvalue weighted by atomic mass is 16.5. The lowest BCUT2D eigenvalue weighted by Crippen LogP contribution is -2.63. The van der Waals surface area contributed by atoms with Crippen molar-refractivity contribution in [3.8, 4) is 0 Å². The van der Waals surface area contributed by atoms with E-state index in [0.717, 1.165) is 51.4 Å². The molecule has 0 N–H and O–H groups in total. The standard InChI is InChI=1S/C34H59N9O3/c1-5-6-10-24(2)27-11-12-28-32-29(23-31(34(27,28)4)46-20-9-17-40-43-37)33(3)14-13-26(44-18-7-15-38-41-35)21-25(33)22-30(32)45-19-8-16-39-42-36/h24-32H,5-23H2,1-4H3/t24-,25+,26-,27-,28+,29+,30-,31+,32+,33+,34-/m1/s1. The van der Waals surface area contributed by atoms with E-state index in [1.165, 1.54) is 32.1 Å². The summed E-state index contributed by atoms with van der Waals surface area (Å²) in [5.41, 5.74) is 26.5. The summed E-state index contributed by atoms with van der Waals surface area (Å²) in [6, 6.07) is 0. The van der Waals surface area contributed by atoms with Gasteiger partial charge in [0, 0.05) is 59.6 Å². The van der Waals surface area contributed by atoms with Crippen molar-refractivity contribution in [1.82, 2.24) is 0 Å². The summed E-state index contributed by atoms with van der Waals surface area (Å²) in [4.78, 5) is 8.76. The van der Waals surface area contributed by atoms with Gasteiger partial charge in [0.1, 0.15) is 0 Å². The Kier molecular flexibility index (Phi) is 14.2. The molecule has 0 aromatic heterocycles. The van der Waals surface area contributed by atoms with Crippen LogP contribution in [0.15, 0.2) is 15.3 Å². The van der Waals surface area contributed by atoms with Gasteiger partial charge in [0.2, 0.25) is 0 Å². The number of unbranched alkanes of at least 4 members (excludes halogenated alkanes) is 1. The predicted molar refractivity (Wildman–Crippen MR) is 180 cm³/mol. The van der Waals surface area contributed by atoms with Crippen LogP contribution in [0, 0.1) is 46.3 Å². The maximum Gasteiger partial charge on any atom is 0.0637 e. The molecule has 0 aromatic rings. The molecule has 0 heterocycles. The number of nitrogens with zero attached hydrogens (tertiary/aromatic N) is 9. The van der Waals surface area contributed by atoms with E-state index >= 15 is 0 Å². The minimum Gasteiger partial charge on any atom is -0.378 e. The van der Waals surface area contributed by atoms with Gasteiger partial charge < -0.3 is 14.2 Å². The van der Waals surface area contributed by atoms with E-state index < -0.39 is 0 Å². The van der Waals surface area contributed by atoms with Crippen LogP contribution >= 0.6 is 0 Å². The molecule has 4 aliphatic rings. The normalized spacial score (nSPS) is 37.0. The summed E-state index contributed by atoms with van der Waals surface area (Å²) < 4.78 is 20.2. The average molecular weight is 642 g/mol. The van der Waals surface area contributed by atoms with Crippen LogP contribution in [0.5, 0.6) is 0 Å². The smallest absolute Gasteiger partial charge is 0.0637 e. The van der Waals surface area contributed by atoms with Gasteiger partial charge in [0.15, 0.2) is 0 Å². The Morgan fingerprint density at radius 1 is 0.761 bits per heavy atom. The topological polar surface area (TPSA) is 174 Å². The highest BCUT2D eigenvalue weighted by molar-refractivity contribution is 5.15. The Morgan fingerprint density at radius 2 is 1.39 bits per heavy atom. The predicted octanol–water partition coefficient (Wildman–Crippen LogP) is 9.95. The molecule has 12 heteroatoms. The largest absolute Gasteiger partial charge is 0.378 e. The maximum absolute atomic E-state index is 8.80. The van der Waals surface area contributed by atoms with Crippen molar-refractivity contribution in [3.63, 3.8) is 0 Å². The van der Waals surface area contributed by atoms with Crippen molar-refractivity contribution in [1.29, 1.82) is 0 Å². The first-order valence-electron chi connectivity index (χ1n) is 18.2. The second-order valence-electron chi connectivity index (χ2n) is 15.1. The van der Waals surface area contributed by atoms with Gasteiger partial charge in [-0.05, 0) is 122 Å². The van der Waals surface area contributed by atoms with Crippen LogP contribution in [0.1, 0.15) is 111 Å². The summed E-state index contributed by atoms with van der Waals surface area (Å²) in [6.07, 6.45) is 14.4. The van der Waals surface area contributed by atoms with E-state index in [9.17, 15) is 0 Å². The minimum atomic E-state index is 0.0783. The molecule has 258 valence electrons. The summed E-state index contributed by atoms with van der Waals surface area (Å²) in [7, 11) is 0. The van der Waals surface area contributed by atoms with Crippen LogP contribution in [-0.4, -0.2) is 57.8 Å². The van der Waals surface area contributed by atoms with Crippen molar-refractivity contribution in [2.75, 3.05) is 39.5 Å². The summed E-state index contributed by atoms with van der Waals surface area (Å²) in [5, 5.41) is 11.2. The van der Waals surface area contributed by atoms with Gasteiger partial charge in [-0.25, -0.2) is 0 Å². The van der Waals surface area contributed by atoms with Crippen LogP contribution < -0.4 is 0 Å². The third-order valence-electron chi connectivity index (χ3n) is 12.9. The molecule has 4 fully saturated rings. The lowest BCUT2D eigenvalue weighted by Gasteiger charge is -2.65. The third-order valence-corrected chi connectivity index (χ3v) is 12.9. The number of hydrogen-bond acceptors (Lipinski definition) is 6. The van der Waals surface area contributed by atoms with Crippen LogP contribution in [0.3, 0.4) is 0 Å². The second kappa shape index (κ2) is 17.8. The van der Waals surface area contributed by atoms with Crippen molar-refractivity contribution in [3.05, 3.63) is 31.3 Å². The second-order valence-corrected chi connectivity index (χ2v) is 15.1. The Hall–Kier alpha value is -2.19. The van der Waals surface area contributed by atoms with E-state index in [-0.39, 0.29) is 29.1 Å². The van der Waals surface area contributed by atoms with Crippen molar-refractivity contribution in [2.24, 2.45) is 61.7 Å². The summed E-state index contributed by atoms with van der Waals surface area (Å²) >= 11 is 0. The Morgan fingerprint density at radius 3 is 2.02 bits per heavy atom. The van der Waals surface area contributed by atoms with Crippen LogP contribution in [-0.2, 0) is 14.2 Å². The SMILES string of the molecule is CCCC[C@@H](C)[C@H]1CC[C@H]2[C@@H]3[C@H](OCCCN=[N+]=[N-])C[C@@H]4C[C@H](OCCCN=[N+]=[N-])CC[C@]4(C)[C@H]3C[C@H](OCCCN=[N+]=[N-])[C@]12C. The molecule has 12 nitrogen and oxygen atoms in total. The molecule has 0 amide bonds. The van der Waals surface area contributed by atoms with Gasteiger partial charge in [-0.3, -0.25) is 0 Å². The van der Waals surface area contributed by atoms with E-state index in [4.69, 9.17) is 30.8 Å². The molecule has 0 bridgehead atoms. The fourth-order valence-corrected chi connectivity index (χ4v) is 10.6. The van der Waals surface area contributed by atoms with E-state index in [2.05, 4.69) is 57.8 Å². The molecule has 0 aromatic carbocycles. The quantitative estimate of drug-likeness (QED) is 0.0591. The van der Waals surface area contributed by atoms with Crippen LogP contribution in [0.4, 0.5) is 0 Å². The lowest BCUT2D eigenvalue weighted by atomic mass is 9.43. The molecule has 0 spiro atoms. The molecule has 4 saturated carbocycles. The Bertz CT molecular complexity index is 1110. The zero-order chi connectivity index (χ0) is 33.0. The van der Waals surface area contributed by atoms with Gasteiger partial charge in [0.25, 0.3) is 0 Å². The average Bonchev–Trinajstić information content (AvgIpc) is 3.41. The maximum atomic E-state index is 8.80. The number of azide groups is 3. The van der Waals surface area contributed by atoms with Crippen molar-refractivity contribution in [2.45, 2.75) is 129 Å². The number of hydrogen-bond donors (Lipinski definition) is 0. The van der Waals surface area contributed by atoms with Crippen molar-refractivity contribution >= 4 is 0 Å². The van der Waals surface area contributed by atoms with Gasteiger partial charge in [-0.15, -0.1) is 0 Å². The number of ether oxygens (including phenoxy) is 3. The van der Waals surface area contributed by atoms with Crippen LogP contribution in [0.2, 0.25) is 0 Å². The molecule has 0 aliphatic heterocycles. The fourth-order valence-electron chi connectivity index (χ4n) is 10.6. The highest BCUT2D eigenvalue weighted by Crippen LogP contribution is 2.69.